The molecule has 0 aliphatic carbocycles. The zero-order valence-corrected chi connectivity index (χ0v) is 16.9. The fraction of sp³-hybridized carbons (Fsp3) is 0.364. The van der Waals surface area contributed by atoms with Crippen molar-refractivity contribution >= 4 is 11.9 Å². The van der Waals surface area contributed by atoms with E-state index in [-0.39, 0.29) is 5.91 Å². The van der Waals surface area contributed by atoms with Gasteiger partial charge in [-0.3, -0.25) is 9.79 Å². The lowest BCUT2D eigenvalue weighted by Crippen LogP contribution is -2.38. The fourth-order valence-corrected chi connectivity index (χ4v) is 2.70. The van der Waals surface area contributed by atoms with E-state index >= 15 is 0 Å². The second kappa shape index (κ2) is 11.6. The van der Waals surface area contributed by atoms with E-state index in [4.69, 9.17) is 4.74 Å². The Morgan fingerprint density at radius 1 is 1.04 bits per heavy atom. The second-order valence-electron chi connectivity index (χ2n) is 6.45. The highest BCUT2D eigenvalue weighted by Gasteiger charge is 2.07. The monoisotopic (exact) mass is 382 g/mol. The van der Waals surface area contributed by atoms with Gasteiger partial charge in [-0.15, -0.1) is 0 Å². The Hall–Kier alpha value is -3.02. The van der Waals surface area contributed by atoms with Crippen molar-refractivity contribution in [2.24, 2.45) is 4.99 Å². The van der Waals surface area contributed by atoms with Crippen molar-refractivity contribution in [3.63, 3.8) is 0 Å². The van der Waals surface area contributed by atoms with E-state index in [1.807, 2.05) is 73.5 Å². The molecule has 6 heteroatoms. The zero-order valence-electron chi connectivity index (χ0n) is 16.9. The van der Waals surface area contributed by atoms with Gasteiger partial charge >= 0.3 is 0 Å². The summed E-state index contributed by atoms with van der Waals surface area (Å²) in [7, 11) is 3.65. The van der Waals surface area contributed by atoms with Crippen LogP contribution >= 0.6 is 0 Å². The molecule has 0 radical (unpaired) electrons. The number of carbonyl (C=O) groups excluding carboxylic acids is 1. The predicted octanol–water partition coefficient (Wildman–Crippen LogP) is 2.80. The molecule has 2 rings (SSSR count). The third kappa shape index (κ3) is 7.31. The summed E-state index contributed by atoms with van der Waals surface area (Å²) in [5, 5.41) is 6.21. The molecule has 150 valence electrons. The Morgan fingerprint density at radius 2 is 1.75 bits per heavy atom. The first-order chi connectivity index (χ1) is 13.6. The number of aliphatic imine (C=N–C) groups is 1. The van der Waals surface area contributed by atoms with Gasteiger partial charge in [-0.05, 0) is 30.2 Å². The number of guanidine groups is 1. The number of nitrogens with one attached hydrogen (secondary N) is 2. The standard InChI is InChI=1S/C22H30N4O2/c1-4-23-22(26(2)17-19-10-12-20(28-3)13-11-19)24-15-14-21(27)25-16-18-8-6-5-7-9-18/h5-13H,4,14-17H2,1-3H3,(H,23,24)(H,25,27). The highest BCUT2D eigenvalue weighted by Crippen LogP contribution is 2.12. The van der Waals surface area contributed by atoms with Crippen LogP contribution in [0.5, 0.6) is 5.75 Å². The summed E-state index contributed by atoms with van der Waals surface area (Å²) in [5.41, 5.74) is 2.25. The van der Waals surface area contributed by atoms with Gasteiger partial charge in [0.2, 0.25) is 5.91 Å². The van der Waals surface area contributed by atoms with Crippen LogP contribution in [0.15, 0.2) is 59.6 Å². The lowest BCUT2D eigenvalue weighted by molar-refractivity contribution is -0.121. The first-order valence-electron chi connectivity index (χ1n) is 9.55. The Labute approximate surface area is 167 Å². The van der Waals surface area contributed by atoms with E-state index in [9.17, 15) is 4.79 Å². The van der Waals surface area contributed by atoms with Crippen molar-refractivity contribution in [2.75, 3.05) is 27.2 Å². The van der Waals surface area contributed by atoms with E-state index < -0.39 is 0 Å². The predicted molar refractivity (Wildman–Crippen MR) is 113 cm³/mol. The third-order valence-corrected chi connectivity index (χ3v) is 4.21. The summed E-state index contributed by atoms with van der Waals surface area (Å²) >= 11 is 0. The summed E-state index contributed by atoms with van der Waals surface area (Å²) in [6.07, 6.45) is 0.359. The van der Waals surface area contributed by atoms with Gasteiger partial charge < -0.3 is 20.3 Å². The molecule has 0 unspecified atom stereocenters. The zero-order chi connectivity index (χ0) is 20.2. The van der Waals surface area contributed by atoms with Crippen molar-refractivity contribution in [1.29, 1.82) is 0 Å². The normalized spacial score (nSPS) is 11.0. The molecular weight excluding hydrogens is 352 g/mol. The maximum absolute atomic E-state index is 12.1. The third-order valence-electron chi connectivity index (χ3n) is 4.21. The molecule has 0 aliphatic rings. The molecule has 2 aromatic carbocycles. The fourth-order valence-electron chi connectivity index (χ4n) is 2.70. The average Bonchev–Trinajstić information content (AvgIpc) is 2.73. The van der Waals surface area contributed by atoms with E-state index in [0.717, 1.165) is 35.9 Å². The molecule has 0 spiro atoms. The molecule has 0 fully saturated rings. The molecule has 28 heavy (non-hydrogen) atoms. The molecule has 0 aromatic heterocycles. The minimum Gasteiger partial charge on any atom is -0.497 e. The summed E-state index contributed by atoms with van der Waals surface area (Å²) in [6, 6.07) is 17.9. The van der Waals surface area contributed by atoms with Gasteiger partial charge in [-0.25, -0.2) is 0 Å². The average molecular weight is 383 g/mol. The number of ether oxygens (including phenoxy) is 1. The molecule has 0 saturated carbocycles. The topological polar surface area (TPSA) is 66.0 Å². The van der Waals surface area contributed by atoms with Gasteiger partial charge in [0.1, 0.15) is 5.75 Å². The van der Waals surface area contributed by atoms with Crippen LogP contribution in [-0.4, -0.2) is 44.0 Å². The second-order valence-corrected chi connectivity index (χ2v) is 6.45. The Balaban J connectivity index is 1.83. The van der Waals surface area contributed by atoms with Crippen molar-refractivity contribution in [2.45, 2.75) is 26.4 Å². The van der Waals surface area contributed by atoms with Gasteiger partial charge in [0.25, 0.3) is 0 Å². The van der Waals surface area contributed by atoms with Crippen LogP contribution in [0.3, 0.4) is 0 Å². The molecule has 0 aliphatic heterocycles. The van der Waals surface area contributed by atoms with E-state index in [2.05, 4.69) is 15.6 Å². The number of hydrogen-bond acceptors (Lipinski definition) is 3. The SMILES string of the molecule is CCNC(=NCCC(=O)NCc1ccccc1)N(C)Cc1ccc(OC)cc1. The van der Waals surface area contributed by atoms with Crippen molar-refractivity contribution in [3.05, 3.63) is 65.7 Å². The Morgan fingerprint density at radius 3 is 2.39 bits per heavy atom. The summed E-state index contributed by atoms with van der Waals surface area (Å²) < 4.78 is 5.20. The maximum Gasteiger partial charge on any atom is 0.222 e. The lowest BCUT2D eigenvalue weighted by atomic mass is 10.2. The number of hydrogen-bond donors (Lipinski definition) is 2. The van der Waals surface area contributed by atoms with Gasteiger partial charge in [-0.1, -0.05) is 42.5 Å². The minimum absolute atomic E-state index is 0.00117. The van der Waals surface area contributed by atoms with Gasteiger partial charge in [-0.2, -0.15) is 0 Å². The van der Waals surface area contributed by atoms with Crippen molar-refractivity contribution in [3.8, 4) is 5.75 Å². The Bertz CT molecular complexity index is 745. The lowest BCUT2D eigenvalue weighted by Gasteiger charge is -2.22. The van der Waals surface area contributed by atoms with Gasteiger partial charge in [0.05, 0.1) is 13.7 Å². The maximum atomic E-state index is 12.1. The van der Waals surface area contributed by atoms with Gasteiger partial charge in [0.15, 0.2) is 5.96 Å². The molecule has 0 heterocycles. The molecule has 2 N–H and O–H groups in total. The first kappa shape index (κ1) is 21.3. The highest BCUT2D eigenvalue weighted by atomic mass is 16.5. The van der Waals surface area contributed by atoms with Crippen LogP contribution < -0.4 is 15.4 Å². The largest absolute Gasteiger partial charge is 0.497 e. The molecule has 2 aromatic rings. The van der Waals surface area contributed by atoms with E-state index in [1.165, 1.54) is 0 Å². The first-order valence-corrected chi connectivity index (χ1v) is 9.55. The number of benzene rings is 2. The van der Waals surface area contributed by atoms with Crippen molar-refractivity contribution in [1.82, 2.24) is 15.5 Å². The molecule has 0 saturated heterocycles. The highest BCUT2D eigenvalue weighted by molar-refractivity contribution is 5.80. The number of nitrogens with zero attached hydrogens (tertiary/aromatic N) is 2. The van der Waals surface area contributed by atoms with Crippen LogP contribution in [-0.2, 0) is 17.9 Å². The summed E-state index contributed by atoms with van der Waals surface area (Å²) in [4.78, 5) is 18.7. The van der Waals surface area contributed by atoms with Crippen LogP contribution in [0.1, 0.15) is 24.5 Å². The number of rotatable bonds is 9. The number of carbonyl (C=O) groups is 1. The van der Waals surface area contributed by atoms with Crippen LogP contribution in [0.25, 0.3) is 0 Å². The minimum atomic E-state index is 0.00117. The number of methoxy groups -OCH3 is 1. The Kier molecular flexibility index (Phi) is 8.85. The summed E-state index contributed by atoms with van der Waals surface area (Å²) in [5.74, 6) is 1.63. The van der Waals surface area contributed by atoms with Crippen molar-refractivity contribution < 1.29 is 9.53 Å². The van der Waals surface area contributed by atoms with Crippen LogP contribution in [0.4, 0.5) is 0 Å². The molecule has 0 atom stereocenters. The summed E-state index contributed by atoms with van der Waals surface area (Å²) in [6.45, 7) is 4.50. The van der Waals surface area contributed by atoms with E-state index in [1.54, 1.807) is 7.11 Å². The number of amides is 1. The molecule has 6 nitrogen and oxygen atoms in total. The van der Waals surface area contributed by atoms with Crippen LogP contribution in [0.2, 0.25) is 0 Å². The van der Waals surface area contributed by atoms with Crippen LogP contribution in [0, 0.1) is 0 Å². The molecule has 1 amide bonds. The van der Waals surface area contributed by atoms with Gasteiger partial charge in [0, 0.05) is 33.1 Å². The molecule has 0 bridgehead atoms. The van der Waals surface area contributed by atoms with E-state index in [0.29, 0.717) is 19.5 Å². The quantitative estimate of drug-likeness (QED) is 0.517. The molecular formula is C22H30N4O2. The smallest absolute Gasteiger partial charge is 0.222 e.